The quantitative estimate of drug-likeness (QED) is 0.401. The van der Waals surface area contributed by atoms with E-state index in [2.05, 4.69) is 51.9 Å². The van der Waals surface area contributed by atoms with E-state index in [9.17, 15) is 4.79 Å². The van der Waals surface area contributed by atoms with E-state index in [1.807, 2.05) is 36.4 Å². The summed E-state index contributed by atoms with van der Waals surface area (Å²) in [5.41, 5.74) is 7.13. The summed E-state index contributed by atoms with van der Waals surface area (Å²) in [6.07, 6.45) is 4.29. The first-order valence-corrected chi connectivity index (χ1v) is 9.19. The number of nitrogens with zero attached hydrogens (tertiary/aromatic N) is 2. The Morgan fingerprint density at radius 2 is 1.86 bits per heavy atom. The topological polar surface area (TPSA) is 70.1 Å². The van der Waals surface area contributed by atoms with Crippen LogP contribution < -0.4 is 5.43 Å². The third kappa shape index (κ3) is 3.69. The molecule has 0 saturated carbocycles. The van der Waals surface area contributed by atoms with Crippen molar-refractivity contribution in [2.45, 2.75) is 13.3 Å². The van der Waals surface area contributed by atoms with Gasteiger partial charge in [-0.3, -0.25) is 9.89 Å². The normalized spacial score (nSPS) is 11.2. The minimum atomic E-state index is -0.251. The molecule has 1 amide bonds. The number of aromatic amines is 1. The third-order valence-corrected chi connectivity index (χ3v) is 4.70. The van der Waals surface area contributed by atoms with Gasteiger partial charge < -0.3 is 0 Å². The van der Waals surface area contributed by atoms with E-state index in [0.717, 1.165) is 34.0 Å². The number of hydrazone groups is 1. The fraction of sp³-hybridized carbons (Fsp3) is 0.0870. The van der Waals surface area contributed by atoms with E-state index >= 15 is 0 Å². The molecule has 1 aromatic heterocycles. The van der Waals surface area contributed by atoms with Crippen LogP contribution in [0.1, 0.15) is 28.4 Å². The van der Waals surface area contributed by atoms with Crippen molar-refractivity contribution in [3.8, 4) is 11.3 Å². The van der Waals surface area contributed by atoms with Gasteiger partial charge in [0.25, 0.3) is 5.91 Å². The van der Waals surface area contributed by atoms with Crippen LogP contribution in [0.2, 0.25) is 0 Å². The average Bonchev–Trinajstić information content (AvgIpc) is 3.22. The first-order chi connectivity index (χ1) is 13.7. The molecule has 0 aliphatic rings. The van der Waals surface area contributed by atoms with Gasteiger partial charge in [-0.2, -0.15) is 10.2 Å². The summed E-state index contributed by atoms with van der Waals surface area (Å²) in [5.74, 6) is -0.251. The van der Waals surface area contributed by atoms with Crippen LogP contribution in [0.4, 0.5) is 0 Å². The summed E-state index contributed by atoms with van der Waals surface area (Å²) in [4.78, 5) is 12.4. The summed E-state index contributed by atoms with van der Waals surface area (Å²) in [6, 6.07) is 21.8. The summed E-state index contributed by atoms with van der Waals surface area (Å²) >= 11 is 0. The smallest absolute Gasteiger partial charge is 0.271 e. The van der Waals surface area contributed by atoms with E-state index < -0.39 is 0 Å². The van der Waals surface area contributed by atoms with Crippen LogP contribution in [0, 0.1) is 0 Å². The first-order valence-electron chi connectivity index (χ1n) is 9.19. The van der Waals surface area contributed by atoms with Crippen LogP contribution in [-0.4, -0.2) is 22.3 Å². The lowest BCUT2D eigenvalue weighted by Gasteiger charge is -2.03. The largest absolute Gasteiger partial charge is 0.277 e. The van der Waals surface area contributed by atoms with Gasteiger partial charge >= 0.3 is 0 Å². The number of aromatic nitrogens is 2. The second kappa shape index (κ2) is 7.88. The van der Waals surface area contributed by atoms with Crippen LogP contribution in [0.3, 0.4) is 0 Å². The number of hydrogen-bond acceptors (Lipinski definition) is 3. The molecule has 5 nitrogen and oxygen atoms in total. The summed E-state index contributed by atoms with van der Waals surface area (Å²) in [5, 5.41) is 13.3. The van der Waals surface area contributed by atoms with Crippen molar-refractivity contribution < 1.29 is 4.79 Å². The molecule has 0 spiro atoms. The van der Waals surface area contributed by atoms with Gasteiger partial charge in [0, 0.05) is 16.7 Å². The summed E-state index contributed by atoms with van der Waals surface area (Å²) in [7, 11) is 0. The Bertz CT molecular complexity index is 1140. The Morgan fingerprint density at radius 3 is 2.64 bits per heavy atom. The van der Waals surface area contributed by atoms with E-state index in [1.165, 1.54) is 5.56 Å². The monoisotopic (exact) mass is 368 g/mol. The molecule has 0 unspecified atom stereocenters. The molecular weight excluding hydrogens is 348 g/mol. The fourth-order valence-electron chi connectivity index (χ4n) is 3.09. The molecule has 4 aromatic rings. The molecule has 4 rings (SSSR count). The van der Waals surface area contributed by atoms with Crippen molar-refractivity contribution in [1.29, 1.82) is 0 Å². The number of amides is 1. The lowest BCUT2D eigenvalue weighted by molar-refractivity contribution is 0.0955. The zero-order valence-corrected chi connectivity index (χ0v) is 15.5. The molecule has 1 heterocycles. The van der Waals surface area contributed by atoms with E-state index in [4.69, 9.17) is 0 Å². The Hall–Kier alpha value is -3.73. The molecule has 0 bridgehead atoms. The predicted molar refractivity (Wildman–Crippen MR) is 112 cm³/mol. The number of carbonyl (C=O) groups is 1. The highest BCUT2D eigenvalue weighted by Crippen LogP contribution is 2.20. The van der Waals surface area contributed by atoms with Crippen molar-refractivity contribution in [1.82, 2.24) is 15.6 Å². The fourth-order valence-corrected chi connectivity index (χ4v) is 3.09. The summed E-state index contributed by atoms with van der Waals surface area (Å²) in [6.45, 7) is 2.13. The van der Waals surface area contributed by atoms with Crippen LogP contribution in [0.25, 0.3) is 22.0 Å². The Balaban J connectivity index is 1.48. The predicted octanol–water partition coefficient (Wildman–Crippen LogP) is 4.56. The lowest BCUT2D eigenvalue weighted by atomic mass is 10.1. The Labute approximate surface area is 163 Å². The SMILES string of the molecule is CCc1ccc(-c2[nH]ncc2C=NNC(=O)c2ccc3ccccc3c2)cc1. The number of aryl methyl sites for hydroxylation is 1. The average molecular weight is 368 g/mol. The minimum Gasteiger partial charge on any atom is -0.277 e. The molecule has 0 radical (unpaired) electrons. The van der Waals surface area contributed by atoms with Gasteiger partial charge in [-0.15, -0.1) is 0 Å². The molecule has 5 heteroatoms. The van der Waals surface area contributed by atoms with E-state index in [-0.39, 0.29) is 5.91 Å². The lowest BCUT2D eigenvalue weighted by Crippen LogP contribution is -2.17. The van der Waals surface area contributed by atoms with Gasteiger partial charge in [0.1, 0.15) is 0 Å². The standard InChI is InChI=1S/C23H20N4O/c1-2-16-7-9-18(10-8-16)22-21(14-24-26-22)15-25-27-23(28)20-12-11-17-5-3-4-6-19(17)13-20/h3-15H,2H2,1H3,(H,24,26)(H,27,28). The number of benzene rings is 3. The van der Waals surface area contributed by atoms with Crippen LogP contribution in [-0.2, 0) is 6.42 Å². The van der Waals surface area contributed by atoms with Gasteiger partial charge in [0.15, 0.2) is 0 Å². The van der Waals surface area contributed by atoms with Crippen molar-refractivity contribution in [2.75, 3.05) is 0 Å². The van der Waals surface area contributed by atoms with Crippen molar-refractivity contribution in [2.24, 2.45) is 5.10 Å². The number of carbonyl (C=O) groups excluding carboxylic acids is 1. The zero-order chi connectivity index (χ0) is 19.3. The van der Waals surface area contributed by atoms with Crippen molar-refractivity contribution in [3.63, 3.8) is 0 Å². The Morgan fingerprint density at radius 1 is 1.07 bits per heavy atom. The Kier molecular flexibility index (Phi) is 4.97. The molecule has 138 valence electrons. The molecule has 0 atom stereocenters. The van der Waals surface area contributed by atoms with Gasteiger partial charge in [0.2, 0.25) is 0 Å². The molecular formula is C23H20N4O. The van der Waals surface area contributed by atoms with E-state index in [0.29, 0.717) is 5.56 Å². The second-order valence-corrected chi connectivity index (χ2v) is 6.51. The maximum Gasteiger partial charge on any atom is 0.271 e. The molecule has 3 aromatic carbocycles. The van der Waals surface area contributed by atoms with Crippen LogP contribution in [0.15, 0.2) is 78.0 Å². The van der Waals surface area contributed by atoms with Crippen molar-refractivity contribution in [3.05, 3.63) is 89.6 Å². The highest BCUT2D eigenvalue weighted by molar-refractivity contribution is 5.99. The zero-order valence-electron chi connectivity index (χ0n) is 15.5. The molecule has 0 fully saturated rings. The van der Waals surface area contributed by atoms with Gasteiger partial charge in [-0.25, -0.2) is 5.43 Å². The number of nitrogens with one attached hydrogen (secondary N) is 2. The molecule has 0 aliphatic heterocycles. The molecule has 28 heavy (non-hydrogen) atoms. The third-order valence-electron chi connectivity index (χ3n) is 4.70. The van der Waals surface area contributed by atoms with E-state index in [1.54, 1.807) is 18.5 Å². The van der Waals surface area contributed by atoms with Gasteiger partial charge in [0.05, 0.1) is 18.1 Å². The molecule has 0 saturated heterocycles. The first kappa shape index (κ1) is 17.7. The highest BCUT2D eigenvalue weighted by Gasteiger charge is 2.07. The highest BCUT2D eigenvalue weighted by atomic mass is 16.2. The maximum atomic E-state index is 12.4. The van der Waals surface area contributed by atoms with Crippen LogP contribution >= 0.6 is 0 Å². The molecule has 2 N–H and O–H groups in total. The van der Waals surface area contributed by atoms with Crippen molar-refractivity contribution >= 4 is 22.9 Å². The second-order valence-electron chi connectivity index (χ2n) is 6.51. The minimum absolute atomic E-state index is 0.251. The summed E-state index contributed by atoms with van der Waals surface area (Å²) < 4.78 is 0. The number of fused-ring (bicyclic) bond motifs is 1. The van der Waals surface area contributed by atoms with Gasteiger partial charge in [-0.1, -0.05) is 61.5 Å². The number of hydrogen-bond donors (Lipinski definition) is 2. The van der Waals surface area contributed by atoms with Gasteiger partial charge in [-0.05, 0) is 34.9 Å². The maximum absolute atomic E-state index is 12.4. The van der Waals surface area contributed by atoms with Crippen LogP contribution in [0.5, 0.6) is 0 Å². The number of H-pyrrole nitrogens is 1. The number of rotatable bonds is 5. The molecule has 0 aliphatic carbocycles.